The van der Waals surface area contributed by atoms with Crippen LogP contribution in [0, 0.1) is 0 Å². The Morgan fingerprint density at radius 1 is 1.67 bits per heavy atom. The number of aliphatic hydroxyl groups is 1. The van der Waals surface area contributed by atoms with Crippen molar-refractivity contribution in [1.82, 2.24) is 4.57 Å². The lowest BCUT2D eigenvalue weighted by atomic mass is 10.1. The van der Waals surface area contributed by atoms with E-state index in [1.807, 2.05) is 0 Å². The molecule has 1 atom stereocenters. The number of carboxylic acid groups (broad SMARTS) is 1. The average Bonchev–Trinajstić information content (AvgIpc) is 2.12. The molecule has 0 spiro atoms. The van der Waals surface area contributed by atoms with Gasteiger partial charge in [0, 0.05) is 6.20 Å². The number of nitrogens with zero attached hydrogens (tertiary/aromatic N) is 1. The molecule has 0 aliphatic rings. The van der Waals surface area contributed by atoms with Gasteiger partial charge in [0.15, 0.2) is 5.60 Å². The van der Waals surface area contributed by atoms with E-state index in [4.69, 9.17) is 5.11 Å². The molecule has 0 amide bonds. The number of carbonyl (C=O) groups is 1. The summed E-state index contributed by atoms with van der Waals surface area (Å²) >= 11 is 3.03. The molecule has 0 fully saturated rings. The molecule has 82 valence electrons. The van der Waals surface area contributed by atoms with Crippen LogP contribution in [0.25, 0.3) is 0 Å². The molecule has 15 heavy (non-hydrogen) atoms. The summed E-state index contributed by atoms with van der Waals surface area (Å²) in [6.45, 7) is 0.850. The van der Waals surface area contributed by atoms with Crippen LogP contribution in [0.2, 0.25) is 0 Å². The van der Waals surface area contributed by atoms with Crippen LogP contribution in [0.4, 0.5) is 0 Å². The van der Waals surface area contributed by atoms with Gasteiger partial charge in [-0.25, -0.2) is 4.79 Å². The van der Waals surface area contributed by atoms with E-state index in [1.54, 1.807) is 12.1 Å². The summed E-state index contributed by atoms with van der Waals surface area (Å²) in [5, 5.41) is 18.2. The highest BCUT2D eigenvalue weighted by Crippen LogP contribution is 2.08. The van der Waals surface area contributed by atoms with Crippen LogP contribution in [0.15, 0.2) is 27.6 Å². The Morgan fingerprint density at radius 2 is 2.27 bits per heavy atom. The first-order chi connectivity index (χ1) is 6.84. The number of hydrogen-bond donors (Lipinski definition) is 2. The highest BCUT2D eigenvalue weighted by molar-refractivity contribution is 9.10. The van der Waals surface area contributed by atoms with E-state index in [-0.39, 0.29) is 12.1 Å². The van der Waals surface area contributed by atoms with Crippen molar-refractivity contribution >= 4 is 21.9 Å². The minimum Gasteiger partial charge on any atom is -0.479 e. The Hall–Kier alpha value is -1.14. The van der Waals surface area contributed by atoms with E-state index in [0.29, 0.717) is 4.47 Å². The Kier molecular flexibility index (Phi) is 3.31. The van der Waals surface area contributed by atoms with E-state index in [9.17, 15) is 14.7 Å². The van der Waals surface area contributed by atoms with Gasteiger partial charge in [-0.15, -0.1) is 0 Å². The molecule has 6 heteroatoms. The standard InChI is InChI=1S/C9H10BrNO4/c1-9(15,8(13)14)5-11-4-2-3-6(10)7(11)12/h2-4,15H,5H2,1H3,(H,13,14). The van der Waals surface area contributed by atoms with Gasteiger partial charge in [-0.05, 0) is 35.0 Å². The molecule has 0 aliphatic heterocycles. The molecule has 0 aromatic carbocycles. The lowest BCUT2D eigenvalue weighted by Gasteiger charge is -2.18. The van der Waals surface area contributed by atoms with Gasteiger partial charge >= 0.3 is 5.97 Å². The van der Waals surface area contributed by atoms with E-state index >= 15 is 0 Å². The summed E-state index contributed by atoms with van der Waals surface area (Å²) in [7, 11) is 0. The molecule has 2 N–H and O–H groups in total. The zero-order chi connectivity index (χ0) is 11.6. The number of rotatable bonds is 3. The smallest absolute Gasteiger partial charge is 0.337 e. The van der Waals surface area contributed by atoms with E-state index in [2.05, 4.69) is 15.9 Å². The number of aromatic nitrogens is 1. The Balaban J connectivity index is 3.06. The largest absolute Gasteiger partial charge is 0.479 e. The van der Waals surface area contributed by atoms with Crippen molar-refractivity contribution < 1.29 is 15.0 Å². The van der Waals surface area contributed by atoms with Crippen LogP contribution in [0.3, 0.4) is 0 Å². The molecule has 1 unspecified atom stereocenters. The topological polar surface area (TPSA) is 79.5 Å². The number of carboxylic acids is 1. The third kappa shape index (κ3) is 2.66. The maximum absolute atomic E-state index is 11.5. The fraction of sp³-hybridized carbons (Fsp3) is 0.333. The third-order valence-corrected chi connectivity index (χ3v) is 2.52. The van der Waals surface area contributed by atoms with Crippen LogP contribution in [-0.4, -0.2) is 26.4 Å². The van der Waals surface area contributed by atoms with Crippen LogP contribution in [0.1, 0.15) is 6.92 Å². The quantitative estimate of drug-likeness (QED) is 0.839. The molecule has 0 saturated carbocycles. The first kappa shape index (κ1) is 11.9. The molecule has 1 rings (SSSR count). The fourth-order valence-electron chi connectivity index (χ4n) is 1.03. The molecule has 1 aromatic heterocycles. The second-order valence-corrected chi connectivity index (χ2v) is 4.22. The van der Waals surface area contributed by atoms with Crippen LogP contribution in [0.5, 0.6) is 0 Å². The molecular formula is C9H10BrNO4. The van der Waals surface area contributed by atoms with Gasteiger partial charge in [-0.3, -0.25) is 4.79 Å². The normalized spacial score (nSPS) is 14.6. The van der Waals surface area contributed by atoms with E-state index < -0.39 is 11.6 Å². The van der Waals surface area contributed by atoms with E-state index in [1.165, 1.54) is 6.20 Å². The van der Waals surface area contributed by atoms with Crippen molar-refractivity contribution in [3.8, 4) is 0 Å². The lowest BCUT2D eigenvalue weighted by Crippen LogP contribution is -2.42. The fourth-order valence-corrected chi connectivity index (χ4v) is 1.41. The molecule has 5 nitrogen and oxygen atoms in total. The second-order valence-electron chi connectivity index (χ2n) is 3.37. The van der Waals surface area contributed by atoms with Gasteiger partial charge in [0.25, 0.3) is 5.56 Å². The maximum Gasteiger partial charge on any atom is 0.337 e. The lowest BCUT2D eigenvalue weighted by molar-refractivity contribution is -0.157. The average molecular weight is 276 g/mol. The van der Waals surface area contributed by atoms with Crippen molar-refractivity contribution in [2.75, 3.05) is 0 Å². The number of hydrogen-bond acceptors (Lipinski definition) is 3. The summed E-state index contributed by atoms with van der Waals surface area (Å²) in [5.41, 5.74) is -2.33. The first-order valence-electron chi connectivity index (χ1n) is 4.15. The van der Waals surface area contributed by atoms with Crippen LogP contribution >= 0.6 is 15.9 Å². The van der Waals surface area contributed by atoms with Gasteiger partial charge in [0.05, 0.1) is 11.0 Å². The summed E-state index contributed by atoms with van der Waals surface area (Å²) in [6, 6.07) is 3.14. The van der Waals surface area contributed by atoms with Crippen molar-refractivity contribution in [1.29, 1.82) is 0 Å². The number of pyridine rings is 1. The maximum atomic E-state index is 11.5. The van der Waals surface area contributed by atoms with Gasteiger partial charge < -0.3 is 14.8 Å². The predicted molar refractivity (Wildman–Crippen MR) is 56.7 cm³/mol. The minimum absolute atomic E-state index is 0.291. The predicted octanol–water partition coefficient (Wildman–Crippen LogP) is 0.446. The van der Waals surface area contributed by atoms with Crippen molar-refractivity contribution in [2.45, 2.75) is 19.1 Å². The monoisotopic (exact) mass is 275 g/mol. The van der Waals surface area contributed by atoms with E-state index in [0.717, 1.165) is 11.5 Å². The van der Waals surface area contributed by atoms with Crippen molar-refractivity contribution in [2.24, 2.45) is 0 Å². The Morgan fingerprint density at radius 3 is 2.80 bits per heavy atom. The van der Waals surface area contributed by atoms with Gasteiger partial charge in [0.2, 0.25) is 0 Å². The SMILES string of the molecule is CC(O)(Cn1cccc(Br)c1=O)C(=O)O. The summed E-state index contributed by atoms with van der Waals surface area (Å²) in [6.07, 6.45) is 1.42. The molecule has 0 radical (unpaired) electrons. The third-order valence-electron chi connectivity index (χ3n) is 1.91. The van der Waals surface area contributed by atoms with Crippen LogP contribution < -0.4 is 5.56 Å². The zero-order valence-corrected chi connectivity index (χ0v) is 9.56. The zero-order valence-electron chi connectivity index (χ0n) is 7.98. The molecule has 0 aliphatic carbocycles. The number of halogens is 1. The van der Waals surface area contributed by atoms with Crippen LogP contribution in [-0.2, 0) is 11.3 Å². The van der Waals surface area contributed by atoms with Gasteiger partial charge in [-0.1, -0.05) is 0 Å². The first-order valence-corrected chi connectivity index (χ1v) is 4.94. The highest BCUT2D eigenvalue weighted by Gasteiger charge is 2.30. The Bertz CT molecular complexity index is 438. The minimum atomic E-state index is -1.95. The Labute approximate surface area is 94.1 Å². The van der Waals surface area contributed by atoms with Gasteiger partial charge in [-0.2, -0.15) is 0 Å². The van der Waals surface area contributed by atoms with Crippen molar-refractivity contribution in [3.05, 3.63) is 33.2 Å². The molecule has 1 heterocycles. The van der Waals surface area contributed by atoms with Gasteiger partial charge in [0.1, 0.15) is 0 Å². The molecule has 0 bridgehead atoms. The summed E-state index contributed by atoms with van der Waals surface area (Å²) in [4.78, 5) is 22.1. The van der Waals surface area contributed by atoms with Crippen molar-refractivity contribution in [3.63, 3.8) is 0 Å². The molecule has 0 saturated heterocycles. The highest BCUT2D eigenvalue weighted by atomic mass is 79.9. The summed E-state index contributed by atoms with van der Waals surface area (Å²) < 4.78 is 1.46. The second kappa shape index (κ2) is 4.16. The molecule has 1 aromatic rings. The molecular weight excluding hydrogens is 266 g/mol. The number of aliphatic carboxylic acids is 1. The summed E-state index contributed by atoms with van der Waals surface area (Å²) in [5.74, 6) is -1.37.